The molecule has 0 aromatic rings. The fourth-order valence-electron chi connectivity index (χ4n) is 0.791. The van der Waals surface area contributed by atoms with Gasteiger partial charge in [-0.2, -0.15) is 0 Å². The third-order valence-corrected chi connectivity index (χ3v) is 1.37. The number of hydrogen-bond acceptors (Lipinski definition) is 1. The van der Waals surface area contributed by atoms with Gasteiger partial charge in [0.05, 0.1) is 6.61 Å². The maximum absolute atomic E-state index is 8.76. The van der Waals surface area contributed by atoms with E-state index in [4.69, 9.17) is 5.11 Å². The first-order valence-corrected chi connectivity index (χ1v) is 3.85. The van der Waals surface area contributed by atoms with E-state index in [1.807, 2.05) is 13.0 Å². The molecule has 1 N–H and O–H groups in total. The van der Waals surface area contributed by atoms with Crippen LogP contribution >= 0.6 is 0 Å². The number of aliphatic hydroxyl groups excluding tert-OH is 1. The van der Waals surface area contributed by atoms with E-state index in [2.05, 4.69) is 12.7 Å². The fourth-order valence-corrected chi connectivity index (χ4v) is 0.791. The highest BCUT2D eigenvalue weighted by Crippen LogP contribution is 2.03. The second-order valence-corrected chi connectivity index (χ2v) is 2.30. The summed E-state index contributed by atoms with van der Waals surface area (Å²) in [6.45, 7) is 4.22. The monoisotopic (exact) mass is 140 g/mol. The number of hydrogen-bond donors (Lipinski definition) is 1. The summed E-state index contributed by atoms with van der Waals surface area (Å²) in [5.41, 5.74) is 4.03. The SMILES string of the molecule is CC=C=C(CO)CCCC. The lowest BCUT2D eigenvalue weighted by atomic mass is 10.1. The Hall–Kier alpha value is -0.520. The highest BCUT2D eigenvalue weighted by molar-refractivity contribution is 5.00. The van der Waals surface area contributed by atoms with Crippen molar-refractivity contribution in [2.75, 3.05) is 6.61 Å². The van der Waals surface area contributed by atoms with Gasteiger partial charge in [0.2, 0.25) is 0 Å². The van der Waals surface area contributed by atoms with Crippen molar-refractivity contribution in [3.63, 3.8) is 0 Å². The third kappa shape index (κ3) is 4.37. The molecule has 1 nitrogen and oxygen atoms in total. The zero-order chi connectivity index (χ0) is 7.82. The average molecular weight is 140 g/mol. The molecule has 0 unspecified atom stereocenters. The van der Waals surface area contributed by atoms with Crippen molar-refractivity contribution in [2.45, 2.75) is 33.1 Å². The van der Waals surface area contributed by atoms with Gasteiger partial charge in [0, 0.05) is 0 Å². The molecule has 0 spiro atoms. The minimum absolute atomic E-state index is 0.157. The van der Waals surface area contributed by atoms with Gasteiger partial charge in [-0.1, -0.05) is 13.3 Å². The molecule has 0 aromatic carbocycles. The van der Waals surface area contributed by atoms with Gasteiger partial charge in [-0.15, -0.1) is 5.73 Å². The minimum atomic E-state index is 0.157. The summed E-state index contributed by atoms with van der Waals surface area (Å²) in [6.07, 6.45) is 5.16. The first-order valence-electron chi connectivity index (χ1n) is 3.85. The maximum Gasteiger partial charge on any atom is 0.0715 e. The second-order valence-electron chi connectivity index (χ2n) is 2.30. The molecule has 0 rings (SSSR count). The van der Waals surface area contributed by atoms with Crippen LogP contribution < -0.4 is 0 Å². The first-order chi connectivity index (χ1) is 4.85. The molecule has 10 heavy (non-hydrogen) atoms. The highest BCUT2D eigenvalue weighted by Gasteiger charge is 1.90. The summed E-state index contributed by atoms with van der Waals surface area (Å²) in [5, 5.41) is 8.76. The van der Waals surface area contributed by atoms with Crippen molar-refractivity contribution in [2.24, 2.45) is 0 Å². The van der Waals surface area contributed by atoms with Crippen molar-refractivity contribution in [3.8, 4) is 0 Å². The van der Waals surface area contributed by atoms with Crippen LogP contribution in [0.2, 0.25) is 0 Å². The van der Waals surface area contributed by atoms with Crippen LogP contribution in [-0.2, 0) is 0 Å². The van der Waals surface area contributed by atoms with Crippen molar-refractivity contribution < 1.29 is 5.11 Å². The van der Waals surface area contributed by atoms with E-state index in [1.165, 1.54) is 6.42 Å². The minimum Gasteiger partial charge on any atom is -0.391 e. The van der Waals surface area contributed by atoms with Crippen LogP contribution in [0.1, 0.15) is 33.1 Å². The van der Waals surface area contributed by atoms with E-state index in [9.17, 15) is 0 Å². The molecule has 0 aliphatic carbocycles. The normalized spacial score (nSPS) is 8.70. The zero-order valence-corrected chi connectivity index (χ0v) is 6.85. The smallest absolute Gasteiger partial charge is 0.0715 e. The van der Waals surface area contributed by atoms with Gasteiger partial charge < -0.3 is 5.11 Å². The van der Waals surface area contributed by atoms with Crippen LogP contribution in [0.5, 0.6) is 0 Å². The summed E-state index contributed by atoms with van der Waals surface area (Å²) in [5.74, 6) is 0. The van der Waals surface area contributed by atoms with Crippen LogP contribution in [0.3, 0.4) is 0 Å². The van der Waals surface area contributed by atoms with E-state index in [-0.39, 0.29) is 6.61 Å². The molecular weight excluding hydrogens is 124 g/mol. The van der Waals surface area contributed by atoms with E-state index >= 15 is 0 Å². The topological polar surface area (TPSA) is 20.2 Å². The highest BCUT2D eigenvalue weighted by atomic mass is 16.3. The lowest BCUT2D eigenvalue weighted by Gasteiger charge is -1.96. The molecule has 58 valence electrons. The Morgan fingerprint density at radius 3 is 2.70 bits per heavy atom. The van der Waals surface area contributed by atoms with Crippen molar-refractivity contribution in [1.29, 1.82) is 0 Å². The van der Waals surface area contributed by atoms with E-state index in [1.54, 1.807) is 0 Å². The number of aliphatic hydroxyl groups is 1. The number of unbranched alkanes of at least 4 members (excludes halogenated alkanes) is 1. The average Bonchev–Trinajstić information content (AvgIpc) is 1.98. The summed E-state index contributed by atoms with van der Waals surface area (Å²) < 4.78 is 0. The molecule has 0 atom stereocenters. The summed E-state index contributed by atoms with van der Waals surface area (Å²) in [7, 11) is 0. The van der Waals surface area contributed by atoms with Crippen molar-refractivity contribution in [1.82, 2.24) is 0 Å². The molecule has 1 heteroatoms. The Balaban J connectivity index is 3.73. The Kier molecular flexibility index (Phi) is 6.25. The summed E-state index contributed by atoms with van der Waals surface area (Å²) >= 11 is 0. The van der Waals surface area contributed by atoms with Crippen LogP contribution in [0.25, 0.3) is 0 Å². The standard InChI is InChI=1S/C9H16O/c1-3-5-7-9(8-10)6-4-2/h4,10H,3,5,7-8H2,1-2H3. The molecule has 0 aliphatic heterocycles. The van der Waals surface area contributed by atoms with E-state index in [0.29, 0.717) is 0 Å². The molecule has 0 saturated carbocycles. The largest absolute Gasteiger partial charge is 0.391 e. The van der Waals surface area contributed by atoms with Gasteiger partial charge in [-0.25, -0.2) is 0 Å². The maximum atomic E-state index is 8.76. The Morgan fingerprint density at radius 1 is 1.60 bits per heavy atom. The molecule has 0 heterocycles. The Labute approximate surface area is 63.1 Å². The quantitative estimate of drug-likeness (QED) is 0.594. The lowest BCUT2D eigenvalue weighted by Crippen LogP contribution is -1.87. The fraction of sp³-hybridized carbons (Fsp3) is 0.667. The number of rotatable bonds is 4. The molecule has 0 fully saturated rings. The van der Waals surface area contributed by atoms with Gasteiger partial charge in [0.25, 0.3) is 0 Å². The molecule has 0 aliphatic rings. The van der Waals surface area contributed by atoms with E-state index < -0.39 is 0 Å². The van der Waals surface area contributed by atoms with Gasteiger partial charge in [-0.3, -0.25) is 0 Å². The summed E-state index contributed by atoms with van der Waals surface area (Å²) in [6, 6.07) is 0. The van der Waals surface area contributed by atoms with Crippen LogP contribution in [0.4, 0.5) is 0 Å². The van der Waals surface area contributed by atoms with Crippen LogP contribution in [0.15, 0.2) is 17.4 Å². The van der Waals surface area contributed by atoms with Gasteiger partial charge in [0.15, 0.2) is 0 Å². The van der Waals surface area contributed by atoms with Crippen molar-refractivity contribution >= 4 is 0 Å². The van der Waals surface area contributed by atoms with Crippen LogP contribution in [0, 0.1) is 0 Å². The third-order valence-electron chi connectivity index (χ3n) is 1.37. The molecule has 0 saturated heterocycles. The van der Waals surface area contributed by atoms with Crippen LogP contribution in [-0.4, -0.2) is 11.7 Å². The molecule has 0 radical (unpaired) electrons. The Bertz CT molecular complexity index is 130. The first kappa shape index (κ1) is 9.48. The predicted octanol–water partition coefficient (Wildman–Crippen LogP) is 2.27. The van der Waals surface area contributed by atoms with Gasteiger partial charge in [0.1, 0.15) is 0 Å². The molecular formula is C9H16O. The zero-order valence-electron chi connectivity index (χ0n) is 6.85. The predicted molar refractivity (Wildman–Crippen MR) is 43.9 cm³/mol. The van der Waals surface area contributed by atoms with Gasteiger partial charge >= 0.3 is 0 Å². The Morgan fingerprint density at radius 2 is 2.30 bits per heavy atom. The second kappa shape index (κ2) is 6.60. The van der Waals surface area contributed by atoms with Crippen molar-refractivity contribution in [3.05, 3.63) is 17.4 Å². The lowest BCUT2D eigenvalue weighted by molar-refractivity contribution is 0.326. The molecule has 0 aromatic heterocycles. The van der Waals surface area contributed by atoms with Gasteiger partial charge in [-0.05, 0) is 31.4 Å². The summed E-state index contributed by atoms with van der Waals surface area (Å²) in [4.78, 5) is 0. The van der Waals surface area contributed by atoms with E-state index in [0.717, 1.165) is 18.4 Å². The molecule has 0 amide bonds. The molecule has 0 bridgehead atoms.